The van der Waals surface area contributed by atoms with E-state index < -0.39 is 113 Å². The molecule has 0 radical (unpaired) electrons. The van der Waals surface area contributed by atoms with Crippen molar-refractivity contribution in [3.05, 3.63) is 0 Å². The van der Waals surface area contributed by atoms with Gasteiger partial charge in [-0.05, 0) is 6.42 Å². The fourth-order valence-electron chi connectivity index (χ4n) is 4.99. The van der Waals surface area contributed by atoms with E-state index in [-0.39, 0.29) is 6.61 Å². The Morgan fingerprint density at radius 1 is 0.886 bits per heavy atom. The average molecular weight is 662 g/mol. The largest absolute Gasteiger partial charge is 0.479 e. The van der Waals surface area contributed by atoms with Crippen molar-refractivity contribution in [2.24, 2.45) is 0 Å². The molecule has 0 spiro atoms. The van der Waals surface area contributed by atoms with Crippen molar-refractivity contribution >= 4 is 19.5 Å². The zero-order valence-electron chi connectivity index (χ0n) is 24.9. The van der Waals surface area contributed by atoms with Crippen LogP contribution in [0.15, 0.2) is 0 Å². The number of aliphatic hydroxyl groups excluding tert-OH is 6. The molecule has 0 bridgehead atoms. The molecule has 0 aromatic carbocycles. The predicted molar refractivity (Wildman–Crippen MR) is 149 cm³/mol. The fourth-order valence-corrected chi connectivity index (χ4v) is 6.22. The van der Waals surface area contributed by atoms with Crippen LogP contribution in [0.5, 0.6) is 0 Å². The molecule has 258 valence electrons. The Kier molecular flexibility index (Phi) is 16.6. The Balaban J connectivity index is 2.01. The van der Waals surface area contributed by atoms with E-state index in [2.05, 4.69) is 12.2 Å². The van der Waals surface area contributed by atoms with Crippen molar-refractivity contribution in [3.63, 3.8) is 0 Å². The molecule has 18 heteroatoms. The summed E-state index contributed by atoms with van der Waals surface area (Å²) in [5.41, 5.74) is 0. The van der Waals surface area contributed by atoms with E-state index >= 15 is 0 Å². The lowest BCUT2D eigenvalue weighted by Gasteiger charge is -2.47. The van der Waals surface area contributed by atoms with Gasteiger partial charge in [0.2, 0.25) is 5.91 Å². The minimum atomic E-state index is -4.64. The van der Waals surface area contributed by atoms with Crippen molar-refractivity contribution in [3.8, 4) is 0 Å². The standard InChI is InChI=1S/C26H48NO16P/c1-3-4-5-6-7-8-9-39-17(25(35)36)12-40-44(37,38)13-18-21(32)23(34)24(16(11-29)41-18)43-26-19(27-14(2)30)22(33)20(31)15(10-28)42-26/h15-24,26,28-29,31-34H,3-13H2,1-2H3,(H,27,30)(H,35,36)(H,37,38)/t15-,16-,17-,18-,19-,20-,21+,22-,23-,24-,26+/m1/s1. The molecule has 2 aliphatic heterocycles. The van der Waals surface area contributed by atoms with Crippen LogP contribution < -0.4 is 5.32 Å². The number of ether oxygens (including phenoxy) is 4. The smallest absolute Gasteiger partial charge is 0.335 e. The highest BCUT2D eigenvalue weighted by Crippen LogP contribution is 2.45. The summed E-state index contributed by atoms with van der Waals surface area (Å²) >= 11 is 0. The van der Waals surface area contributed by atoms with Gasteiger partial charge in [-0.3, -0.25) is 9.36 Å². The van der Waals surface area contributed by atoms with Gasteiger partial charge in [-0.15, -0.1) is 0 Å². The number of rotatable bonds is 19. The molecule has 0 aromatic heterocycles. The summed E-state index contributed by atoms with van der Waals surface area (Å²) < 4.78 is 39.8. The Morgan fingerprint density at radius 2 is 1.50 bits per heavy atom. The van der Waals surface area contributed by atoms with Gasteiger partial charge < -0.3 is 69.4 Å². The van der Waals surface area contributed by atoms with Crippen LogP contribution in [0.4, 0.5) is 0 Å². The molecule has 2 saturated heterocycles. The summed E-state index contributed by atoms with van der Waals surface area (Å²) in [7, 11) is -4.64. The molecule has 0 aliphatic carbocycles. The topological polar surface area (TPSA) is 271 Å². The van der Waals surface area contributed by atoms with E-state index in [0.717, 1.165) is 39.0 Å². The number of hydrogen-bond donors (Lipinski definition) is 9. The molecule has 17 nitrogen and oxygen atoms in total. The SMILES string of the molecule is CCCCCCCCO[C@H](COP(=O)(O)C[C@H]1O[C@H](CO)[C@@H](O[C@@H]2O[C@H](CO)[C@@H](O)[C@H](O)[C@H]2NC(C)=O)[C@H](O)[C@H]1O)C(=O)O. The Morgan fingerprint density at radius 3 is 2.09 bits per heavy atom. The van der Waals surface area contributed by atoms with E-state index in [1.54, 1.807) is 0 Å². The lowest BCUT2D eigenvalue weighted by molar-refractivity contribution is -0.321. The number of carboxylic acids is 1. The van der Waals surface area contributed by atoms with Gasteiger partial charge >= 0.3 is 13.6 Å². The monoisotopic (exact) mass is 661 g/mol. The molecule has 2 heterocycles. The molecule has 0 aromatic rings. The lowest BCUT2D eigenvalue weighted by atomic mass is 9.94. The molecule has 1 unspecified atom stereocenters. The van der Waals surface area contributed by atoms with Gasteiger partial charge in [-0.1, -0.05) is 39.0 Å². The number of carbonyl (C=O) groups is 2. The minimum absolute atomic E-state index is 0.112. The van der Waals surface area contributed by atoms with Crippen molar-refractivity contribution in [2.45, 2.75) is 120 Å². The van der Waals surface area contributed by atoms with Crippen LogP contribution in [-0.2, 0) is 37.6 Å². The summed E-state index contributed by atoms with van der Waals surface area (Å²) in [6, 6.07) is -1.40. The highest BCUT2D eigenvalue weighted by molar-refractivity contribution is 7.52. The molecule has 9 N–H and O–H groups in total. The third-order valence-electron chi connectivity index (χ3n) is 7.44. The average Bonchev–Trinajstić information content (AvgIpc) is 2.96. The predicted octanol–water partition coefficient (Wildman–Crippen LogP) is -2.17. The molecule has 44 heavy (non-hydrogen) atoms. The van der Waals surface area contributed by atoms with Crippen LogP contribution in [0.3, 0.4) is 0 Å². The van der Waals surface area contributed by atoms with Gasteiger partial charge in [-0.25, -0.2) is 4.79 Å². The third kappa shape index (κ3) is 11.5. The molecule has 2 fully saturated rings. The second kappa shape index (κ2) is 18.7. The molecular weight excluding hydrogens is 613 g/mol. The molecular formula is C26H48NO16P. The van der Waals surface area contributed by atoms with Crippen molar-refractivity contribution in [1.82, 2.24) is 5.32 Å². The third-order valence-corrected chi connectivity index (χ3v) is 8.81. The molecule has 12 atom stereocenters. The summed E-state index contributed by atoms with van der Waals surface area (Å²) in [5.74, 6) is -2.04. The van der Waals surface area contributed by atoms with Crippen molar-refractivity contribution in [2.75, 3.05) is 32.6 Å². The molecule has 0 saturated carbocycles. The van der Waals surface area contributed by atoms with E-state index in [9.17, 15) is 54.8 Å². The van der Waals surface area contributed by atoms with Crippen LogP contribution in [0, 0.1) is 0 Å². The summed E-state index contributed by atoms with van der Waals surface area (Å²) in [5, 5.41) is 73.4. The first-order chi connectivity index (χ1) is 20.8. The van der Waals surface area contributed by atoms with Crippen molar-refractivity contribution in [1.29, 1.82) is 0 Å². The first-order valence-electron chi connectivity index (χ1n) is 14.7. The summed E-state index contributed by atoms with van der Waals surface area (Å²) in [6.07, 6.45) is -11.4. The fraction of sp³-hybridized carbons (Fsp3) is 0.923. The van der Waals surface area contributed by atoms with Crippen LogP contribution in [0.1, 0.15) is 52.4 Å². The van der Waals surface area contributed by atoms with Gasteiger partial charge in [0.1, 0.15) is 48.8 Å². The zero-order chi connectivity index (χ0) is 33.0. The maximum Gasteiger partial charge on any atom is 0.335 e. The summed E-state index contributed by atoms with van der Waals surface area (Å²) in [6.45, 7) is 0.965. The van der Waals surface area contributed by atoms with Gasteiger partial charge in [0.05, 0.1) is 32.1 Å². The first-order valence-corrected chi connectivity index (χ1v) is 16.5. The normalized spacial score (nSPS) is 34.7. The highest BCUT2D eigenvalue weighted by atomic mass is 31.2. The van der Waals surface area contributed by atoms with Crippen molar-refractivity contribution < 1.29 is 78.3 Å². The molecule has 2 rings (SSSR count). The highest BCUT2D eigenvalue weighted by Gasteiger charge is 2.52. The zero-order valence-corrected chi connectivity index (χ0v) is 25.8. The van der Waals surface area contributed by atoms with E-state index in [0.29, 0.717) is 6.42 Å². The van der Waals surface area contributed by atoms with E-state index in [1.165, 1.54) is 0 Å². The number of amides is 1. The minimum Gasteiger partial charge on any atom is -0.479 e. The number of carboxylic acid groups (broad SMARTS) is 1. The maximum atomic E-state index is 12.8. The second-order valence-electron chi connectivity index (χ2n) is 11.0. The Labute approximate surface area is 255 Å². The van der Waals surface area contributed by atoms with Gasteiger partial charge in [0.25, 0.3) is 0 Å². The van der Waals surface area contributed by atoms with E-state index in [1.807, 2.05) is 0 Å². The Hall–Kier alpha value is -1.31. The van der Waals surface area contributed by atoms with Crippen LogP contribution in [0.25, 0.3) is 0 Å². The number of unbranched alkanes of at least 4 members (excludes halogenated alkanes) is 5. The van der Waals surface area contributed by atoms with Crippen LogP contribution in [-0.4, -0.2) is 152 Å². The van der Waals surface area contributed by atoms with Gasteiger partial charge in [0, 0.05) is 13.5 Å². The molecule has 2 aliphatic rings. The maximum absolute atomic E-state index is 12.8. The molecule has 1 amide bonds. The number of aliphatic carboxylic acids is 1. The summed E-state index contributed by atoms with van der Waals surface area (Å²) in [4.78, 5) is 33.6. The number of nitrogens with one attached hydrogen (secondary N) is 1. The van der Waals surface area contributed by atoms with Crippen LogP contribution in [0.2, 0.25) is 0 Å². The van der Waals surface area contributed by atoms with E-state index in [4.69, 9.17) is 23.5 Å². The van der Waals surface area contributed by atoms with Gasteiger partial charge in [-0.2, -0.15) is 0 Å². The second-order valence-corrected chi connectivity index (χ2v) is 12.9. The lowest BCUT2D eigenvalue weighted by Crippen LogP contribution is -2.67. The first kappa shape index (κ1) is 38.9. The van der Waals surface area contributed by atoms with Crippen LogP contribution >= 0.6 is 7.60 Å². The van der Waals surface area contributed by atoms with Gasteiger partial charge in [0.15, 0.2) is 12.4 Å². The number of hydrogen-bond acceptors (Lipinski definition) is 14. The quantitative estimate of drug-likeness (QED) is 0.0526. The number of aliphatic hydroxyl groups is 6. The number of carbonyl (C=O) groups excluding carboxylic acids is 1. The Bertz CT molecular complexity index is 926.